The van der Waals surface area contributed by atoms with Crippen LogP contribution in [0.15, 0.2) is 24.3 Å². The van der Waals surface area contributed by atoms with Crippen molar-refractivity contribution >= 4 is 11.8 Å². The minimum Gasteiger partial charge on any atom is -0.492 e. The Hall–Kier alpha value is -0.710. The first kappa shape index (κ1) is 15.7. The third-order valence-electron chi connectivity index (χ3n) is 3.50. The van der Waals surface area contributed by atoms with Gasteiger partial charge in [-0.1, -0.05) is 26.0 Å². The van der Waals surface area contributed by atoms with E-state index in [4.69, 9.17) is 4.74 Å². The zero-order valence-electron chi connectivity index (χ0n) is 12.6. The lowest BCUT2D eigenvalue weighted by atomic mass is 10.2. The average molecular weight is 294 g/mol. The van der Waals surface area contributed by atoms with Crippen LogP contribution in [-0.2, 0) is 6.54 Å². The molecule has 1 aromatic carbocycles. The summed E-state index contributed by atoms with van der Waals surface area (Å²) in [4.78, 5) is 2.50. The van der Waals surface area contributed by atoms with Crippen molar-refractivity contribution in [1.29, 1.82) is 0 Å². The molecule has 0 amide bonds. The van der Waals surface area contributed by atoms with Crippen LogP contribution in [0.3, 0.4) is 0 Å². The number of nitrogens with one attached hydrogen (secondary N) is 1. The second-order valence-corrected chi connectivity index (χ2v) is 6.80. The van der Waals surface area contributed by atoms with Crippen LogP contribution in [0.1, 0.15) is 19.4 Å². The maximum atomic E-state index is 5.83. The van der Waals surface area contributed by atoms with Crippen LogP contribution in [-0.4, -0.2) is 48.7 Å². The van der Waals surface area contributed by atoms with E-state index >= 15 is 0 Å². The molecule has 0 bridgehead atoms. The molecule has 0 radical (unpaired) electrons. The SMILES string of the molecule is CCNCc1ccc(OCCN2CCSC(C)C2)cc1. The van der Waals surface area contributed by atoms with Crippen molar-refractivity contribution < 1.29 is 4.74 Å². The summed E-state index contributed by atoms with van der Waals surface area (Å²) in [6.45, 7) is 10.6. The van der Waals surface area contributed by atoms with E-state index in [1.807, 2.05) is 0 Å². The van der Waals surface area contributed by atoms with Crippen molar-refractivity contribution in [3.05, 3.63) is 29.8 Å². The Morgan fingerprint density at radius 2 is 2.15 bits per heavy atom. The second kappa shape index (κ2) is 8.55. The van der Waals surface area contributed by atoms with Gasteiger partial charge in [0.15, 0.2) is 0 Å². The molecule has 4 heteroatoms. The van der Waals surface area contributed by atoms with Crippen molar-refractivity contribution in [2.24, 2.45) is 0 Å². The van der Waals surface area contributed by atoms with Crippen LogP contribution in [0.4, 0.5) is 0 Å². The highest BCUT2D eigenvalue weighted by molar-refractivity contribution is 7.99. The zero-order chi connectivity index (χ0) is 14.2. The van der Waals surface area contributed by atoms with Crippen LogP contribution >= 0.6 is 11.8 Å². The van der Waals surface area contributed by atoms with E-state index in [2.05, 4.69) is 60.1 Å². The van der Waals surface area contributed by atoms with Gasteiger partial charge in [0.2, 0.25) is 0 Å². The number of ether oxygens (including phenoxy) is 1. The first-order chi connectivity index (χ1) is 9.78. The molecule has 0 aromatic heterocycles. The van der Waals surface area contributed by atoms with Crippen molar-refractivity contribution in [3.8, 4) is 5.75 Å². The van der Waals surface area contributed by atoms with Gasteiger partial charge in [-0.2, -0.15) is 11.8 Å². The van der Waals surface area contributed by atoms with Crippen LogP contribution in [0.5, 0.6) is 5.75 Å². The summed E-state index contributed by atoms with van der Waals surface area (Å²) in [7, 11) is 0. The van der Waals surface area contributed by atoms with E-state index < -0.39 is 0 Å². The molecular weight excluding hydrogens is 268 g/mol. The fourth-order valence-corrected chi connectivity index (χ4v) is 3.44. The predicted octanol–water partition coefficient (Wildman–Crippen LogP) is 2.61. The van der Waals surface area contributed by atoms with Crippen molar-refractivity contribution in [1.82, 2.24) is 10.2 Å². The number of nitrogens with zero attached hydrogens (tertiary/aromatic N) is 1. The molecule has 0 spiro atoms. The largest absolute Gasteiger partial charge is 0.492 e. The highest BCUT2D eigenvalue weighted by Gasteiger charge is 2.15. The van der Waals surface area contributed by atoms with Crippen LogP contribution in [0.25, 0.3) is 0 Å². The summed E-state index contributed by atoms with van der Waals surface area (Å²) >= 11 is 2.07. The van der Waals surface area contributed by atoms with Gasteiger partial charge in [0.1, 0.15) is 12.4 Å². The Morgan fingerprint density at radius 1 is 1.35 bits per heavy atom. The second-order valence-electron chi connectivity index (χ2n) is 5.25. The molecule has 1 atom stereocenters. The van der Waals surface area contributed by atoms with E-state index in [1.54, 1.807) is 0 Å². The number of hydrogen-bond donors (Lipinski definition) is 1. The lowest BCUT2D eigenvalue weighted by molar-refractivity contribution is 0.215. The van der Waals surface area contributed by atoms with Crippen molar-refractivity contribution in [2.75, 3.05) is 38.5 Å². The minimum absolute atomic E-state index is 0.758. The fourth-order valence-electron chi connectivity index (χ4n) is 2.36. The van der Waals surface area contributed by atoms with Gasteiger partial charge >= 0.3 is 0 Å². The lowest BCUT2D eigenvalue weighted by Gasteiger charge is -2.30. The van der Waals surface area contributed by atoms with Gasteiger partial charge in [-0.3, -0.25) is 4.90 Å². The van der Waals surface area contributed by atoms with E-state index in [1.165, 1.54) is 24.4 Å². The molecular formula is C16H26N2OS. The molecule has 3 nitrogen and oxygen atoms in total. The van der Waals surface area contributed by atoms with E-state index in [9.17, 15) is 0 Å². The normalized spacial score (nSPS) is 20.0. The molecule has 1 fully saturated rings. The average Bonchev–Trinajstić information content (AvgIpc) is 2.46. The summed E-state index contributed by atoms with van der Waals surface area (Å²) in [6, 6.07) is 8.41. The Labute approximate surface area is 127 Å². The van der Waals surface area contributed by atoms with E-state index in [0.29, 0.717) is 0 Å². The highest BCUT2D eigenvalue weighted by atomic mass is 32.2. The number of benzene rings is 1. The summed E-state index contributed by atoms with van der Waals surface area (Å²) < 4.78 is 5.83. The highest BCUT2D eigenvalue weighted by Crippen LogP contribution is 2.17. The van der Waals surface area contributed by atoms with Crippen molar-refractivity contribution in [3.63, 3.8) is 0 Å². The zero-order valence-corrected chi connectivity index (χ0v) is 13.4. The number of thioether (sulfide) groups is 1. The standard InChI is InChI=1S/C16H26N2OS/c1-3-17-12-15-4-6-16(7-5-15)19-10-8-18-9-11-20-14(2)13-18/h4-7,14,17H,3,8-13H2,1-2H3. The number of rotatable bonds is 7. The Kier molecular flexibility index (Phi) is 6.70. The molecule has 1 unspecified atom stereocenters. The molecule has 20 heavy (non-hydrogen) atoms. The number of hydrogen-bond acceptors (Lipinski definition) is 4. The van der Waals surface area contributed by atoms with Gasteiger partial charge < -0.3 is 10.1 Å². The maximum absolute atomic E-state index is 5.83. The molecule has 1 aliphatic rings. The smallest absolute Gasteiger partial charge is 0.119 e. The van der Waals surface area contributed by atoms with Gasteiger partial charge in [0.25, 0.3) is 0 Å². The van der Waals surface area contributed by atoms with Crippen LogP contribution in [0, 0.1) is 0 Å². The third kappa shape index (κ3) is 5.35. The molecule has 0 saturated carbocycles. The molecule has 1 N–H and O–H groups in total. The molecule has 1 heterocycles. The first-order valence-corrected chi connectivity index (χ1v) is 8.59. The van der Waals surface area contributed by atoms with Gasteiger partial charge in [-0.05, 0) is 24.2 Å². The van der Waals surface area contributed by atoms with Gasteiger partial charge in [0.05, 0.1) is 0 Å². The maximum Gasteiger partial charge on any atom is 0.119 e. The van der Waals surface area contributed by atoms with Crippen LogP contribution < -0.4 is 10.1 Å². The summed E-state index contributed by atoms with van der Waals surface area (Å²) in [5.74, 6) is 2.23. The molecule has 112 valence electrons. The minimum atomic E-state index is 0.758. The van der Waals surface area contributed by atoms with Gasteiger partial charge in [-0.25, -0.2) is 0 Å². The molecule has 0 aliphatic carbocycles. The fraction of sp³-hybridized carbons (Fsp3) is 0.625. The summed E-state index contributed by atoms with van der Waals surface area (Å²) in [6.07, 6.45) is 0. The Balaban J connectivity index is 1.68. The molecule has 1 aliphatic heterocycles. The quantitative estimate of drug-likeness (QED) is 0.835. The lowest BCUT2D eigenvalue weighted by Crippen LogP contribution is -2.39. The van der Waals surface area contributed by atoms with E-state index in [-0.39, 0.29) is 0 Å². The topological polar surface area (TPSA) is 24.5 Å². The summed E-state index contributed by atoms with van der Waals surface area (Å²) in [5.41, 5.74) is 1.31. The van der Waals surface area contributed by atoms with Crippen molar-refractivity contribution in [2.45, 2.75) is 25.6 Å². The molecule has 1 aromatic rings. The Morgan fingerprint density at radius 3 is 2.85 bits per heavy atom. The third-order valence-corrected chi connectivity index (χ3v) is 4.64. The van der Waals surface area contributed by atoms with Crippen LogP contribution in [0.2, 0.25) is 0 Å². The Bertz CT molecular complexity index is 383. The van der Waals surface area contributed by atoms with Gasteiger partial charge in [0, 0.05) is 37.2 Å². The van der Waals surface area contributed by atoms with Gasteiger partial charge in [-0.15, -0.1) is 0 Å². The molecule has 1 saturated heterocycles. The summed E-state index contributed by atoms with van der Waals surface area (Å²) in [5, 5.41) is 4.08. The first-order valence-electron chi connectivity index (χ1n) is 7.54. The van der Waals surface area contributed by atoms with E-state index in [0.717, 1.165) is 37.2 Å². The molecule has 2 rings (SSSR count). The monoisotopic (exact) mass is 294 g/mol. The predicted molar refractivity (Wildman–Crippen MR) is 87.7 cm³/mol.